The van der Waals surface area contributed by atoms with Crippen LogP contribution < -0.4 is 10.1 Å². The summed E-state index contributed by atoms with van der Waals surface area (Å²) in [5, 5.41) is 3.00. The average Bonchev–Trinajstić information content (AvgIpc) is 2.83. The first kappa shape index (κ1) is 24.7. The molecule has 0 unspecified atom stereocenters. The molecule has 0 aliphatic carbocycles. The molecule has 1 N–H and O–H groups in total. The van der Waals surface area contributed by atoms with Gasteiger partial charge in [-0.05, 0) is 67.0 Å². The van der Waals surface area contributed by atoms with Crippen molar-refractivity contribution in [3.8, 4) is 5.75 Å². The Labute approximate surface area is 196 Å². The zero-order valence-electron chi connectivity index (χ0n) is 19.5. The maximum atomic E-state index is 13.3. The number of hydrogen-bond acceptors (Lipinski definition) is 3. The number of rotatable bonds is 11. The van der Waals surface area contributed by atoms with Crippen LogP contribution in [0.15, 0.2) is 48.5 Å². The first-order valence-electron chi connectivity index (χ1n) is 12.0. The number of likely N-dealkylation sites (tertiary alicyclic amines) is 1. The Bertz CT molecular complexity index is 892. The largest absolute Gasteiger partial charge is 0.494 e. The second-order valence-corrected chi connectivity index (χ2v) is 8.78. The van der Waals surface area contributed by atoms with Gasteiger partial charge in [-0.3, -0.25) is 9.59 Å². The van der Waals surface area contributed by atoms with Crippen LogP contribution in [-0.4, -0.2) is 36.4 Å². The van der Waals surface area contributed by atoms with Gasteiger partial charge in [0.25, 0.3) is 0 Å². The third-order valence-corrected chi connectivity index (χ3v) is 6.14. The summed E-state index contributed by atoms with van der Waals surface area (Å²) in [6.07, 6.45) is 5.24. The van der Waals surface area contributed by atoms with Crippen molar-refractivity contribution in [3.63, 3.8) is 0 Å². The van der Waals surface area contributed by atoms with E-state index in [1.54, 1.807) is 6.07 Å². The van der Waals surface area contributed by atoms with Crippen molar-refractivity contribution in [2.75, 3.05) is 19.7 Å². The number of benzene rings is 2. The van der Waals surface area contributed by atoms with Crippen LogP contribution in [0.2, 0.25) is 0 Å². The number of aryl methyl sites for hydroxylation is 1. The molecule has 0 saturated carbocycles. The number of amides is 2. The van der Waals surface area contributed by atoms with Gasteiger partial charge in [-0.1, -0.05) is 37.6 Å². The Balaban J connectivity index is 1.32. The molecule has 2 aromatic rings. The lowest BCUT2D eigenvalue weighted by atomic mass is 9.93. The predicted molar refractivity (Wildman–Crippen MR) is 127 cm³/mol. The molecule has 33 heavy (non-hydrogen) atoms. The highest BCUT2D eigenvalue weighted by Crippen LogP contribution is 2.21. The van der Waals surface area contributed by atoms with Gasteiger partial charge >= 0.3 is 0 Å². The lowest BCUT2D eigenvalue weighted by Crippen LogP contribution is -2.39. The fourth-order valence-electron chi connectivity index (χ4n) is 4.06. The second kappa shape index (κ2) is 13.0. The Kier molecular flexibility index (Phi) is 9.73. The molecule has 1 aliphatic rings. The molecule has 0 bridgehead atoms. The van der Waals surface area contributed by atoms with Gasteiger partial charge in [0.1, 0.15) is 11.6 Å². The lowest BCUT2D eigenvalue weighted by molar-refractivity contribution is -0.132. The van der Waals surface area contributed by atoms with Crippen LogP contribution in [0.5, 0.6) is 5.75 Å². The van der Waals surface area contributed by atoms with E-state index in [0.29, 0.717) is 44.8 Å². The predicted octanol–water partition coefficient (Wildman–Crippen LogP) is 4.88. The van der Waals surface area contributed by atoms with Crippen molar-refractivity contribution in [2.24, 2.45) is 5.92 Å². The highest BCUT2D eigenvalue weighted by Gasteiger charge is 2.24. The molecule has 0 aromatic heterocycles. The van der Waals surface area contributed by atoms with Crippen molar-refractivity contribution in [2.45, 2.75) is 58.4 Å². The fraction of sp³-hybridized carbons (Fsp3) is 0.481. The number of nitrogens with one attached hydrogen (secondary N) is 1. The van der Waals surface area contributed by atoms with Crippen LogP contribution in [0.25, 0.3) is 0 Å². The van der Waals surface area contributed by atoms with E-state index in [9.17, 15) is 14.0 Å². The minimum absolute atomic E-state index is 0.0501. The van der Waals surface area contributed by atoms with Crippen molar-refractivity contribution >= 4 is 11.8 Å². The highest BCUT2D eigenvalue weighted by atomic mass is 19.1. The first-order chi connectivity index (χ1) is 16.0. The Hall–Kier alpha value is -2.89. The maximum absolute atomic E-state index is 13.3. The molecule has 0 atom stereocenters. The average molecular weight is 455 g/mol. The molecule has 0 radical (unpaired) electrons. The molecule has 1 fully saturated rings. The van der Waals surface area contributed by atoms with Gasteiger partial charge in [0.2, 0.25) is 11.8 Å². The lowest BCUT2D eigenvalue weighted by Gasteiger charge is -2.32. The van der Waals surface area contributed by atoms with Crippen LogP contribution in [0.1, 0.15) is 56.6 Å². The summed E-state index contributed by atoms with van der Waals surface area (Å²) in [5.41, 5.74) is 1.89. The smallest absolute Gasteiger partial charge is 0.222 e. The number of carbonyl (C=O) groups is 2. The fourth-order valence-corrected chi connectivity index (χ4v) is 4.06. The number of nitrogens with zero attached hydrogens (tertiary/aromatic N) is 1. The van der Waals surface area contributed by atoms with Gasteiger partial charge in [0.05, 0.1) is 6.61 Å². The van der Waals surface area contributed by atoms with Crippen molar-refractivity contribution in [1.29, 1.82) is 0 Å². The molecule has 0 spiro atoms. The quantitative estimate of drug-likeness (QED) is 0.492. The number of piperidine rings is 1. The molecule has 6 heteroatoms. The summed E-state index contributed by atoms with van der Waals surface area (Å²) in [5.74, 6) is 1.04. The number of hydrogen-bond donors (Lipinski definition) is 1. The van der Waals surface area contributed by atoms with Crippen LogP contribution in [0.3, 0.4) is 0 Å². The Morgan fingerprint density at radius 1 is 1.09 bits per heavy atom. The minimum Gasteiger partial charge on any atom is -0.494 e. The summed E-state index contributed by atoms with van der Waals surface area (Å²) in [6, 6.07) is 14.3. The van der Waals surface area contributed by atoms with Crippen LogP contribution >= 0.6 is 0 Å². The van der Waals surface area contributed by atoms with E-state index in [0.717, 1.165) is 49.2 Å². The number of ether oxygens (including phenoxy) is 1. The van der Waals surface area contributed by atoms with Crippen molar-refractivity contribution in [3.05, 3.63) is 65.5 Å². The summed E-state index contributed by atoms with van der Waals surface area (Å²) in [6.45, 7) is 4.73. The summed E-state index contributed by atoms with van der Waals surface area (Å²) >= 11 is 0. The van der Waals surface area contributed by atoms with Gasteiger partial charge in [-0.15, -0.1) is 0 Å². The molecule has 178 valence electrons. The molecule has 3 rings (SSSR count). The van der Waals surface area contributed by atoms with Crippen LogP contribution in [-0.2, 0) is 22.6 Å². The van der Waals surface area contributed by atoms with Gasteiger partial charge in [0.15, 0.2) is 0 Å². The molecule has 1 saturated heterocycles. The molecular weight excluding hydrogens is 419 g/mol. The van der Waals surface area contributed by atoms with E-state index in [4.69, 9.17) is 4.74 Å². The molecule has 1 heterocycles. The minimum atomic E-state index is -0.271. The number of carbonyl (C=O) groups excluding carboxylic acids is 2. The van der Waals surface area contributed by atoms with E-state index in [1.807, 2.05) is 35.2 Å². The zero-order valence-corrected chi connectivity index (χ0v) is 19.5. The van der Waals surface area contributed by atoms with E-state index in [-0.39, 0.29) is 17.6 Å². The van der Waals surface area contributed by atoms with Crippen LogP contribution in [0.4, 0.5) is 4.39 Å². The molecule has 5 nitrogen and oxygen atoms in total. The monoisotopic (exact) mass is 454 g/mol. The third kappa shape index (κ3) is 8.52. The van der Waals surface area contributed by atoms with E-state index in [2.05, 4.69) is 12.2 Å². The standard InChI is InChI=1S/C27H35FN2O3/c1-2-3-17-33-25-10-7-23(8-11-25)20-29-26(31)19-22-13-15-30(16-14-22)27(32)12-9-21-5-4-6-24(28)18-21/h4-8,10-11,18,22H,2-3,9,12-17,19-20H2,1H3,(H,29,31). The zero-order chi connectivity index (χ0) is 23.5. The maximum Gasteiger partial charge on any atom is 0.222 e. The second-order valence-electron chi connectivity index (χ2n) is 8.78. The topological polar surface area (TPSA) is 58.6 Å². The van der Waals surface area contributed by atoms with Gasteiger partial charge in [-0.25, -0.2) is 4.39 Å². The van der Waals surface area contributed by atoms with E-state index < -0.39 is 0 Å². The molecule has 2 amide bonds. The SMILES string of the molecule is CCCCOc1ccc(CNC(=O)CC2CCN(C(=O)CCc3cccc(F)c3)CC2)cc1. The number of halogens is 1. The summed E-state index contributed by atoms with van der Waals surface area (Å²) in [7, 11) is 0. The summed E-state index contributed by atoms with van der Waals surface area (Å²) in [4.78, 5) is 26.7. The Morgan fingerprint density at radius 3 is 2.55 bits per heavy atom. The highest BCUT2D eigenvalue weighted by molar-refractivity contribution is 5.77. The first-order valence-corrected chi connectivity index (χ1v) is 12.0. The Morgan fingerprint density at radius 2 is 1.85 bits per heavy atom. The van der Waals surface area contributed by atoms with E-state index >= 15 is 0 Å². The van der Waals surface area contributed by atoms with Crippen molar-refractivity contribution in [1.82, 2.24) is 10.2 Å². The normalized spacial score (nSPS) is 14.2. The molecule has 2 aromatic carbocycles. The van der Waals surface area contributed by atoms with Gasteiger partial charge in [0, 0.05) is 32.5 Å². The van der Waals surface area contributed by atoms with E-state index in [1.165, 1.54) is 12.1 Å². The molecular formula is C27H35FN2O3. The number of unbranched alkanes of at least 4 members (excludes halogenated alkanes) is 1. The summed E-state index contributed by atoms with van der Waals surface area (Å²) < 4.78 is 18.9. The molecule has 1 aliphatic heterocycles. The van der Waals surface area contributed by atoms with Crippen molar-refractivity contribution < 1.29 is 18.7 Å². The van der Waals surface area contributed by atoms with Gasteiger partial charge in [-0.2, -0.15) is 0 Å². The van der Waals surface area contributed by atoms with Crippen LogP contribution in [0, 0.1) is 11.7 Å². The van der Waals surface area contributed by atoms with Gasteiger partial charge < -0.3 is 15.0 Å². The third-order valence-electron chi connectivity index (χ3n) is 6.14.